The Labute approximate surface area is 218 Å². The second kappa shape index (κ2) is 11.8. The van der Waals surface area contributed by atoms with E-state index in [2.05, 4.69) is 10.0 Å². The molecule has 0 radical (unpaired) electrons. The van der Waals surface area contributed by atoms with Crippen molar-refractivity contribution in [1.29, 1.82) is 0 Å². The second-order valence-electron chi connectivity index (χ2n) is 8.49. The standard InChI is InChI=1S/C26H31N3O6S2/c1-5-20-11-9-10-14-24(20)29(37(33,34)21-12-7-6-8-13-21)18-26(30)27-23-17-22(15-16-25(23)35-4)36(31,32)28-19(2)3/h6-17,19,28H,5,18H2,1-4H3,(H,27,30). The minimum atomic E-state index is -4.10. The molecule has 0 aliphatic rings. The number of para-hydroxylation sites is 1. The van der Waals surface area contributed by atoms with E-state index in [9.17, 15) is 21.6 Å². The normalized spacial score (nSPS) is 11.8. The van der Waals surface area contributed by atoms with E-state index < -0.39 is 32.5 Å². The molecule has 9 nitrogen and oxygen atoms in total. The molecule has 1 amide bonds. The monoisotopic (exact) mass is 545 g/mol. The van der Waals surface area contributed by atoms with Crippen LogP contribution < -0.4 is 19.1 Å². The van der Waals surface area contributed by atoms with Crippen LogP contribution in [0.2, 0.25) is 0 Å². The van der Waals surface area contributed by atoms with Crippen molar-refractivity contribution >= 4 is 37.3 Å². The van der Waals surface area contributed by atoms with Crippen molar-refractivity contribution in [3.63, 3.8) is 0 Å². The van der Waals surface area contributed by atoms with Gasteiger partial charge in [0.05, 0.1) is 28.3 Å². The first kappa shape index (κ1) is 28.2. The zero-order chi connectivity index (χ0) is 27.2. The number of carbonyl (C=O) groups excluding carboxylic acids is 1. The summed E-state index contributed by atoms with van der Waals surface area (Å²) in [5, 5.41) is 2.63. The van der Waals surface area contributed by atoms with Gasteiger partial charge in [0.25, 0.3) is 10.0 Å². The van der Waals surface area contributed by atoms with Crippen molar-refractivity contribution in [2.24, 2.45) is 0 Å². The largest absolute Gasteiger partial charge is 0.495 e. The Balaban J connectivity index is 2.00. The van der Waals surface area contributed by atoms with Crippen LogP contribution in [0.4, 0.5) is 11.4 Å². The number of aryl methyl sites for hydroxylation is 1. The number of nitrogens with one attached hydrogen (secondary N) is 2. The van der Waals surface area contributed by atoms with Gasteiger partial charge in [0.1, 0.15) is 12.3 Å². The molecule has 0 bridgehead atoms. The Morgan fingerprint density at radius 2 is 1.57 bits per heavy atom. The number of amides is 1. The Morgan fingerprint density at radius 3 is 2.19 bits per heavy atom. The van der Waals surface area contributed by atoms with Crippen molar-refractivity contribution < 1.29 is 26.4 Å². The molecule has 0 aliphatic heterocycles. The third-order valence-corrected chi connectivity index (χ3v) is 8.84. The zero-order valence-electron chi connectivity index (χ0n) is 21.1. The van der Waals surface area contributed by atoms with Crippen molar-refractivity contribution in [3.8, 4) is 5.75 Å². The van der Waals surface area contributed by atoms with E-state index in [4.69, 9.17) is 4.74 Å². The third kappa shape index (κ3) is 6.68. The Hall–Kier alpha value is -3.41. The number of anilines is 2. The van der Waals surface area contributed by atoms with Crippen molar-refractivity contribution in [3.05, 3.63) is 78.4 Å². The Kier molecular flexibility index (Phi) is 8.95. The molecule has 2 N–H and O–H groups in total. The summed E-state index contributed by atoms with van der Waals surface area (Å²) in [6.45, 7) is 4.74. The van der Waals surface area contributed by atoms with Crippen LogP contribution in [-0.2, 0) is 31.3 Å². The highest BCUT2D eigenvalue weighted by atomic mass is 32.2. The third-order valence-electron chi connectivity index (χ3n) is 5.41. The lowest BCUT2D eigenvalue weighted by molar-refractivity contribution is -0.114. The quantitative estimate of drug-likeness (QED) is 0.378. The lowest BCUT2D eigenvalue weighted by atomic mass is 10.1. The fourth-order valence-corrected chi connectivity index (χ4v) is 6.48. The molecule has 0 saturated heterocycles. The van der Waals surface area contributed by atoms with E-state index in [1.807, 2.05) is 6.92 Å². The van der Waals surface area contributed by atoms with E-state index in [1.54, 1.807) is 56.3 Å². The smallest absolute Gasteiger partial charge is 0.264 e. The maximum Gasteiger partial charge on any atom is 0.264 e. The van der Waals surface area contributed by atoms with Crippen LogP contribution in [0, 0.1) is 0 Å². The molecule has 0 heterocycles. The van der Waals surface area contributed by atoms with Crippen LogP contribution in [0.25, 0.3) is 0 Å². The molecule has 198 valence electrons. The molecule has 11 heteroatoms. The van der Waals surface area contributed by atoms with Crippen LogP contribution in [0.5, 0.6) is 5.75 Å². The summed E-state index contributed by atoms with van der Waals surface area (Å²) >= 11 is 0. The topological polar surface area (TPSA) is 122 Å². The number of carbonyl (C=O) groups is 1. The first-order valence-corrected chi connectivity index (χ1v) is 14.6. The molecule has 37 heavy (non-hydrogen) atoms. The average molecular weight is 546 g/mol. The summed E-state index contributed by atoms with van der Waals surface area (Å²) in [5.41, 5.74) is 1.23. The predicted molar refractivity (Wildman–Crippen MR) is 144 cm³/mol. The van der Waals surface area contributed by atoms with Gasteiger partial charge in [0, 0.05) is 6.04 Å². The van der Waals surface area contributed by atoms with Gasteiger partial charge in [-0.3, -0.25) is 9.10 Å². The summed E-state index contributed by atoms with van der Waals surface area (Å²) in [5.74, 6) is -0.446. The Bertz CT molecular complexity index is 1460. The lowest BCUT2D eigenvalue weighted by Crippen LogP contribution is -2.38. The maximum absolute atomic E-state index is 13.6. The molecule has 0 unspecified atom stereocenters. The minimum absolute atomic E-state index is 0.0409. The highest BCUT2D eigenvalue weighted by Gasteiger charge is 2.29. The molecule has 3 rings (SSSR count). The number of methoxy groups -OCH3 is 1. The SMILES string of the molecule is CCc1ccccc1N(CC(=O)Nc1cc(S(=O)(=O)NC(C)C)ccc1OC)S(=O)(=O)c1ccccc1. The van der Waals surface area contributed by atoms with E-state index in [0.717, 1.165) is 9.87 Å². The van der Waals surface area contributed by atoms with Crippen molar-refractivity contribution in [1.82, 2.24) is 4.72 Å². The maximum atomic E-state index is 13.6. The number of ether oxygens (including phenoxy) is 1. The summed E-state index contributed by atoms with van der Waals surface area (Å²) in [6.07, 6.45) is 0.551. The molecule has 3 aromatic rings. The molecule has 0 spiro atoms. The number of sulfonamides is 2. The number of hydrogen-bond acceptors (Lipinski definition) is 6. The van der Waals surface area contributed by atoms with Crippen molar-refractivity contribution in [2.75, 3.05) is 23.3 Å². The highest BCUT2D eigenvalue weighted by molar-refractivity contribution is 7.92. The first-order chi connectivity index (χ1) is 17.5. The Morgan fingerprint density at radius 1 is 0.919 bits per heavy atom. The summed E-state index contributed by atoms with van der Waals surface area (Å²) < 4.78 is 61.4. The second-order valence-corrected chi connectivity index (χ2v) is 12.1. The van der Waals surface area contributed by atoms with Gasteiger partial charge in [0.15, 0.2) is 0 Å². The van der Waals surface area contributed by atoms with E-state index in [1.165, 1.54) is 37.4 Å². The van der Waals surface area contributed by atoms with Gasteiger partial charge >= 0.3 is 0 Å². The zero-order valence-corrected chi connectivity index (χ0v) is 22.8. The minimum Gasteiger partial charge on any atom is -0.495 e. The predicted octanol–water partition coefficient (Wildman–Crippen LogP) is 3.78. The molecule has 3 aromatic carbocycles. The van der Waals surface area contributed by atoms with Gasteiger partial charge in [-0.15, -0.1) is 0 Å². The molecule has 0 aromatic heterocycles. The van der Waals surface area contributed by atoms with Crippen LogP contribution in [-0.4, -0.2) is 42.4 Å². The number of nitrogens with zero attached hydrogens (tertiary/aromatic N) is 1. The summed E-state index contributed by atoms with van der Waals surface area (Å²) in [6, 6.07) is 18.6. The van der Waals surface area contributed by atoms with Gasteiger partial charge in [-0.05, 0) is 62.2 Å². The van der Waals surface area contributed by atoms with Crippen LogP contribution in [0.15, 0.2) is 82.6 Å². The van der Waals surface area contributed by atoms with Gasteiger partial charge < -0.3 is 10.1 Å². The van der Waals surface area contributed by atoms with Crippen LogP contribution >= 0.6 is 0 Å². The average Bonchev–Trinajstić information content (AvgIpc) is 2.87. The number of rotatable bonds is 11. The van der Waals surface area contributed by atoms with E-state index >= 15 is 0 Å². The van der Waals surface area contributed by atoms with Gasteiger partial charge in [-0.25, -0.2) is 21.6 Å². The fourth-order valence-electron chi connectivity index (χ4n) is 3.72. The van der Waals surface area contributed by atoms with Crippen LogP contribution in [0.3, 0.4) is 0 Å². The summed E-state index contributed by atoms with van der Waals surface area (Å²) in [7, 11) is -6.56. The van der Waals surface area contributed by atoms with E-state index in [0.29, 0.717) is 12.1 Å². The molecule has 0 aliphatic carbocycles. The number of benzene rings is 3. The molecular weight excluding hydrogens is 514 g/mol. The van der Waals surface area contributed by atoms with Gasteiger partial charge in [-0.2, -0.15) is 0 Å². The molecule has 0 atom stereocenters. The lowest BCUT2D eigenvalue weighted by Gasteiger charge is -2.26. The number of hydrogen-bond donors (Lipinski definition) is 2. The first-order valence-electron chi connectivity index (χ1n) is 11.7. The van der Waals surface area contributed by atoms with Gasteiger partial charge in [0.2, 0.25) is 15.9 Å². The molecular formula is C26H31N3O6S2. The summed E-state index contributed by atoms with van der Waals surface area (Å²) in [4.78, 5) is 13.2. The molecule has 0 saturated carbocycles. The highest BCUT2D eigenvalue weighted by Crippen LogP contribution is 2.30. The molecule has 0 fully saturated rings. The fraction of sp³-hybridized carbons (Fsp3) is 0.269. The van der Waals surface area contributed by atoms with E-state index in [-0.39, 0.29) is 27.3 Å². The van der Waals surface area contributed by atoms with Gasteiger partial charge in [-0.1, -0.05) is 43.3 Å². The van der Waals surface area contributed by atoms with Crippen LogP contribution in [0.1, 0.15) is 26.3 Å². The van der Waals surface area contributed by atoms with Crippen molar-refractivity contribution in [2.45, 2.75) is 43.0 Å².